The van der Waals surface area contributed by atoms with E-state index in [1.807, 2.05) is 0 Å². The molecule has 20 heavy (non-hydrogen) atoms. The molecule has 2 aromatic heterocycles. The van der Waals surface area contributed by atoms with Crippen LogP contribution in [-0.4, -0.2) is 27.8 Å². The number of rotatable bonds is 3. The summed E-state index contributed by atoms with van der Waals surface area (Å²) in [4.78, 5) is 31.2. The number of amides is 1. The zero-order valence-corrected chi connectivity index (χ0v) is 11.1. The Kier molecular flexibility index (Phi) is 3.90. The van der Waals surface area contributed by atoms with E-state index in [0.29, 0.717) is 5.69 Å². The number of nitro groups is 1. The third-order valence-electron chi connectivity index (χ3n) is 2.62. The van der Waals surface area contributed by atoms with Crippen LogP contribution in [0.25, 0.3) is 0 Å². The molecule has 0 fully saturated rings. The van der Waals surface area contributed by atoms with Gasteiger partial charge in [0.15, 0.2) is 0 Å². The van der Waals surface area contributed by atoms with Crippen molar-refractivity contribution in [3.05, 3.63) is 57.6 Å². The van der Waals surface area contributed by atoms with Crippen molar-refractivity contribution < 1.29 is 9.72 Å². The molecule has 0 spiro atoms. The van der Waals surface area contributed by atoms with Crippen LogP contribution in [0.5, 0.6) is 0 Å². The van der Waals surface area contributed by atoms with Crippen LogP contribution in [0.1, 0.15) is 10.4 Å². The van der Waals surface area contributed by atoms with E-state index in [4.69, 9.17) is 11.6 Å². The maximum atomic E-state index is 12.3. The molecular weight excluding hydrogens is 284 g/mol. The number of halogens is 1. The summed E-state index contributed by atoms with van der Waals surface area (Å²) >= 11 is 5.83. The van der Waals surface area contributed by atoms with Crippen molar-refractivity contribution in [2.75, 3.05) is 11.9 Å². The van der Waals surface area contributed by atoms with Crippen molar-refractivity contribution in [2.45, 2.75) is 0 Å². The van der Waals surface area contributed by atoms with Crippen LogP contribution in [0.15, 0.2) is 36.8 Å². The molecule has 0 saturated carbocycles. The molecule has 2 aromatic rings. The van der Waals surface area contributed by atoms with E-state index in [1.165, 1.54) is 24.3 Å². The number of nitrogens with zero attached hydrogens (tertiary/aromatic N) is 4. The minimum absolute atomic E-state index is 0.0276. The summed E-state index contributed by atoms with van der Waals surface area (Å²) in [5.41, 5.74) is 0.272. The average Bonchev–Trinajstić information content (AvgIpc) is 2.47. The number of pyridine rings is 2. The summed E-state index contributed by atoms with van der Waals surface area (Å²) in [5, 5.41) is 10.6. The van der Waals surface area contributed by atoms with E-state index >= 15 is 0 Å². The molecule has 7 nitrogen and oxygen atoms in total. The van der Waals surface area contributed by atoms with Crippen molar-refractivity contribution in [1.29, 1.82) is 0 Å². The van der Waals surface area contributed by atoms with Crippen LogP contribution in [-0.2, 0) is 0 Å². The van der Waals surface area contributed by atoms with E-state index in [2.05, 4.69) is 9.97 Å². The van der Waals surface area contributed by atoms with E-state index in [0.717, 1.165) is 12.3 Å². The molecule has 0 saturated heterocycles. The Hall–Kier alpha value is -2.54. The van der Waals surface area contributed by atoms with Gasteiger partial charge >= 0.3 is 0 Å². The first-order valence-corrected chi connectivity index (χ1v) is 5.86. The Morgan fingerprint density at radius 1 is 1.40 bits per heavy atom. The highest BCUT2D eigenvalue weighted by atomic mass is 35.5. The lowest BCUT2D eigenvalue weighted by Crippen LogP contribution is -2.26. The monoisotopic (exact) mass is 292 g/mol. The molecule has 1 amide bonds. The molecule has 0 aliphatic rings. The predicted molar refractivity (Wildman–Crippen MR) is 72.9 cm³/mol. The first-order chi connectivity index (χ1) is 9.50. The topological polar surface area (TPSA) is 89.2 Å². The van der Waals surface area contributed by atoms with Gasteiger partial charge in [-0.15, -0.1) is 0 Å². The van der Waals surface area contributed by atoms with Crippen LogP contribution in [0.4, 0.5) is 11.4 Å². The molecular formula is C12H9ClN4O3. The molecule has 0 aromatic carbocycles. The van der Waals surface area contributed by atoms with Gasteiger partial charge in [-0.25, -0.2) is 4.98 Å². The van der Waals surface area contributed by atoms with E-state index < -0.39 is 10.8 Å². The van der Waals surface area contributed by atoms with Gasteiger partial charge in [0.05, 0.1) is 10.5 Å². The van der Waals surface area contributed by atoms with Gasteiger partial charge in [0, 0.05) is 31.2 Å². The maximum Gasteiger partial charge on any atom is 0.288 e. The summed E-state index contributed by atoms with van der Waals surface area (Å²) in [6.45, 7) is 0. The molecule has 102 valence electrons. The molecule has 0 atom stereocenters. The first kappa shape index (κ1) is 13.9. The molecule has 0 aliphatic heterocycles. The molecule has 0 radical (unpaired) electrons. The fraction of sp³-hybridized carbons (Fsp3) is 0.0833. The third-order valence-corrected chi connectivity index (χ3v) is 2.92. The van der Waals surface area contributed by atoms with Crippen LogP contribution in [0.3, 0.4) is 0 Å². The van der Waals surface area contributed by atoms with Gasteiger partial charge in [-0.05, 0) is 12.1 Å². The Balaban J connectivity index is 2.38. The summed E-state index contributed by atoms with van der Waals surface area (Å²) in [7, 11) is 1.53. The normalized spacial score (nSPS) is 10.1. The van der Waals surface area contributed by atoms with Gasteiger partial charge in [0.1, 0.15) is 11.3 Å². The molecule has 0 bridgehead atoms. The van der Waals surface area contributed by atoms with Crippen LogP contribution >= 0.6 is 11.6 Å². The van der Waals surface area contributed by atoms with Crippen molar-refractivity contribution in [2.24, 2.45) is 0 Å². The lowest BCUT2D eigenvalue weighted by atomic mass is 10.2. The van der Waals surface area contributed by atoms with Gasteiger partial charge in [0.2, 0.25) is 0 Å². The number of anilines is 1. The second-order valence-corrected chi connectivity index (χ2v) is 4.22. The lowest BCUT2D eigenvalue weighted by molar-refractivity contribution is -0.385. The number of carbonyl (C=O) groups excluding carboxylic acids is 1. The second kappa shape index (κ2) is 5.62. The fourth-order valence-corrected chi connectivity index (χ4v) is 1.74. The number of hydrogen-bond acceptors (Lipinski definition) is 5. The fourth-order valence-electron chi connectivity index (χ4n) is 1.55. The molecule has 2 rings (SSSR count). The Morgan fingerprint density at radius 2 is 2.05 bits per heavy atom. The average molecular weight is 293 g/mol. The summed E-state index contributed by atoms with van der Waals surface area (Å²) < 4.78 is 0. The van der Waals surface area contributed by atoms with Gasteiger partial charge in [-0.1, -0.05) is 11.6 Å². The van der Waals surface area contributed by atoms with Crippen LogP contribution in [0.2, 0.25) is 5.15 Å². The van der Waals surface area contributed by atoms with Crippen molar-refractivity contribution in [1.82, 2.24) is 9.97 Å². The molecule has 0 N–H and O–H groups in total. The quantitative estimate of drug-likeness (QED) is 0.492. The lowest BCUT2D eigenvalue weighted by Gasteiger charge is -2.17. The predicted octanol–water partition coefficient (Wildman–Crippen LogP) is 2.31. The highest BCUT2D eigenvalue weighted by molar-refractivity contribution is 6.33. The van der Waals surface area contributed by atoms with Gasteiger partial charge < -0.3 is 4.90 Å². The number of carbonyl (C=O) groups is 1. The van der Waals surface area contributed by atoms with E-state index in [1.54, 1.807) is 12.1 Å². The summed E-state index contributed by atoms with van der Waals surface area (Å²) in [6.07, 6.45) is 4.07. The molecule has 0 unspecified atom stereocenters. The van der Waals surface area contributed by atoms with Crippen LogP contribution < -0.4 is 4.90 Å². The molecule has 2 heterocycles. The van der Waals surface area contributed by atoms with Gasteiger partial charge in [-0.3, -0.25) is 19.9 Å². The van der Waals surface area contributed by atoms with E-state index in [-0.39, 0.29) is 16.4 Å². The Bertz CT molecular complexity index is 663. The maximum absolute atomic E-state index is 12.3. The number of aromatic nitrogens is 2. The third kappa shape index (κ3) is 2.72. The molecule has 0 aliphatic carbocycles. The largest absolute Gasteiger partial charge is 0.311 e. The Morgan fingerprint density at radius 3 is 2.65 bits per heavy atom. The SMILES string of the molecule is CN(C(=O)c1cc([N+](=O)[O-])cnc1Cl)c1ccncc1. The molecule has 8 heteroatoms. The highest BCUT2D eigenvalue weighted by Gasteiger charge is 2.20. The smallest absolute Gasteiger partial charge is 0.288 e. The van der Waals surface area contributed by atoms with Gasteiger partial charge in [-0.2, -0.15) is 0 Å². The summed E-state index contributed by atoms with van der Waals surface area (Å²) in [5.74, 6) is -0.489. The highest BCUT2D eigenvalue weighted by Crippen LogP contribution is 2.22. The minimum Gasteiger partial charge on any atom is -0.311 e. The van der Waals surface area contributed by atoms with Crippen molar-refractivity contribution in [3.8, 4) is 0 Å². The summed E-state index contributed by atoms with van der Waals surface area (Å²) in [6, 6.07) is 4.38. The first-order valence-electron chi connectivity index (χ1n) is 5.48. The van der Waals surface area contributed by atoms with E-state index in [9.17, 15) is 14.9 Å². The zero-order chi connectivity index (χ0) is 14.7. The standard InChI is InChI=1S/C12H9ClN4O3/c1-16(8-2-4-14-5-3-8)12(18)10-6-9(17(19)20)7-15-11(10)13/h2-7H,1H3. The Labute approximate surface area is 119 Å². The van der Waals surface area contributed by atoms with Crippen molar-refractivity contribution in [3.63, 3.8) is 0 Å². The van der Waals surface area contributed by atoms with Crippen LogP contribution in [0, 0.1) is 10.1 Å². The second-order valence-electron chi connectivity index (χ2n) is 3.86. The van der Waals surface area contributed by atoms with Gasteiger partial charge in [0.25, 0.3) is 11.6 Å². The zero-order valence-electron chi connectivity index (χ0n) is 10.4. The number of hydrogen-bond donors (Lipinski definition) is 0. The van der Waals surface area contributed by atoms with Crippen molar-refractivity contribution >= 4 is 28.9 Å². The minimum atomic E-state index is -0.632.